The fourth-order valence-electron chi connectivity index (χ4n) is 4.26. The van der Waals surface area contributed by atoms with Crippen LogP contribution in [-0.2, 0) is 4.79 Å². The zero-order chi connectivity index (χ0) is 15.1. The molecule has 1 N–H and O–H groups in total. The number of para-hydroxylation sites is 1. The summed E-state index contributed by atoms with van der Waals surface area (Å²) in [5.74, 6) is 0.253. The smallest absolute Gasteiger partial charge is 0.285 e. The molecule has 1 heterocycles. The van der Waals surface area contributed by atoms with E-state index in [2.05, 4.69) is 38.2 Å². The van der Waals surface area contributed by atoms with Crippen molar-refractivity contribution < 1.29 is 9.28 Å². The number of aryl methyl sites for hydroxylation is 2. The summed E-state index contributed by atoms with van der Waals surface area (Å²) in [4.78, 5) is 13.0. The highest BCUT2D eigenvalue weighted by Crippen LogP contribution is 2.50. The lowest BCUT2D eigenvalue weighted by atomic mass is 10.1. The topological polar surface area (TPSA) is 29.1 Å². The van der Waals surface area contributed by atoms with Gasteiger partial charge in [0.2, 0.25) is 0 Å². The molecule has 1 aromatic carbocycles. The Labute approximate surface area is 127 Å². The molecule has 0 radical (unpaired) electrons. The number of amides is 1. The molecule has 1 saturated heterocycles. The molecule has 0 unspecified atom stereocenters. The van der Waals surface area contributed by atoms with Gasteiger partial charge in [-0.25, -0.2) is 0 Å². The van der Waals surface area contributed by atoms with Gasteiger partial charge in [0.1, 0.15) is 0 Å². The first-order chi connectivity index (χ1) is 10.0. The predicted octanol–water partition coefficient (Wildman–Crippen LogP) is 3.41. The number of carbonyl (C=O) groups is 1. The van der Waals surface area contributed by atoms with Crippen molar-refractivity contribution in [2.24, 2.45) is 0 Å². The molecule has 2 aliphatic rings. The molecule has 3 rings (SSSR count). The standard InChI is InChI=1S/C18H26N2O/c1-4-20(12-5-6-13-20)18(10-11-18)17(21)19-16-14(2)8-7-9-15(16)3/h7-9H,4-6,10-13H2,1-3H3/p+1. The van der Waals surface area contributed by atoms with Gasteiger partial charge in [0, 0.05) is 31.4 Å². The highest BCUT2D eigenvalue weighted by Gasteiger charge is 2.65. The summed E-state index contributed by atoms with van der Waals surface area (Å²) in [5, 5.41) is 3.26. The van der Waals surface area contributed by atoms with E-state index >= 15 is 0 Å². The number of hydrogen-bond donors (Lipinski definition) is 1. The van der Waals surface area contributed by atoms with Crippen molar-refractivity contribution in [2.75, 3.05) is 25.0 Å². The quantitative estimate of drug-likeness (QED) is 0.845. The molecule has 21 heavy (non-hydrogen) atoms. The summed E-state index contributed by atoms with van der Waals surface area (Å²) < 4.78 is 1.02. The molecular weight excluding hydrogens is 260 g/mol. The summed E-state index contributed by atoms with van der Waals surface area (Å²) in [7, 11) is 0. The van der Waals surface area contributed by atoms with Crippen molar-refractivity contribution in [1.82, 2.24) is 0 Å². The fourth-order valence-corrected chi connectivity index (χ4v) is 4.26. The summed E-state index contributed by atoms with van der Waals surface area (Å²) in [6.07, 6.45) is 4.65. The van der Waals surface area contributed by atoms with Gasteiger partial charge in [0.25, 0.3) is 5.91 Å². The molecule has 1 aromatic rings. The van der Waals surface area contributed by atoms with Crippen LogP contribution in [0, 0.1) is 13.8 Å². The SMILES string of the molecule is CC[N+]1(C2(C(=O)Nc3c(C)cccc3C)CC2)CCCC1. The van der Waals surface area contributed by atoms with E-state index in [0.29, 0.717) is 0 Å². The van der Waals surface area contributed by atoms with Crippen molar-refractivity contribution in [1.29, 1.82) is 0 Å². The molecule has 0 atom stereocenters. The highest BCUT2D eigenvalue weighted by molar-refractivity contribution is 6.00. The molecule has 3 nitrogen and oxygen atoms in total. The van der Waals surface area contributed by atoms with Gasteiger partial charge in [-0.3, -0.25) is 4.79 Å². The second-order valence-electron chi connectivity index (χ2n) is 6.87. The third-order valence-corrected chi connectivity index (χ3v) is 5.80. The van der Waals surface area contributed by atoms with E-state index in [-0.39, 0.29) is 11.4 Å². The van der Waals surface area contributed by atoms with Gasteiger partial charge < -0.3 is 9.80 Å². The summed E-state index contributed by atoms with van der Waals surface area (Å²) in [6.45, 7) is 9.83. The number of hydrogen-bond acceptors (Lipinski definition) is 1. The van der Waals surface area contributed by atoms with Crippen LogP contribution in [0.25, 0.3) is 0 Å². The first-order valence-corrected chi connectivity index (χ1v) is 8.28. The van der Waals surface area contributed by atoms with Gasteiger partial charge in [-0.15, -0.1) is 0 Å². The lowest BCUT2D eigenvalue weighted by molar-refractivity contribution is -0.940. The van der Waals surface area contributed by atoms with Crippen LogP contribution in [0.4, 0.5) is 5.69 Å². The number of benzene rings is 1. The van der Waals surface area contributed by atoms with Gasteiger partial charge in [-0.05, 0) is 31.9 Å². The number of rotatable bonds is 4. The molecular formula is C18H27N2O+. The van der Waals surface area contributed by atoms with Crippen LogP contribution in [-0.4, -0.2) is 35.6 Å². The number of likely N-dealkylation sites (N-methyl/N-ethyl adjacent to an activating group) is 1. The molecule has 1 amide bonds. The first kappa shape index (κ1) is 14.6. The fraction of sp³-hybridized carbons (Fsp3) is 0.611. The maximum atomic E-state index is 13.0. The van der Waals surface area contributed by atoms with Crippen LogP contribution in [0.1, 0.15) is 43.7 Å². The maximum absolute atomic E-state index is 13.0. The molecule has 2 fully saturated rings. The molecule has 3 heteroatoms. The minimum absolute atomic E-state index is 0.139. The molecule has 0 aromatic heterocycles. The Morgan fingerprint density at radius 3 is 2.24 bits per heavy atom. The first-order valence-electron chi connectivity index (χ1n) is 8.28. The van der Waals surface area contributed by atoms with Gasteiger partial charge >= 0.3 is 0 Å². The number of nitrogens with zero attached hydrogens (tertiary/aromatic N) is 1. The summed E-state index contributed by atoms with van der Waals surface area (Å²) >= 11 is 0. The monoisotopic (exact) mass is 287 g/mol. The minimum atomic E-state index is -0.139. The predicted molar refractivity (Wildman–Crippen MR) is 86.3 cm³/mol. The number of anilines is 1. The third-order valence-electron chi connectivity index (χ3n) is 5.80. The van der Waals surface area contributed by atoms with Crippen LogP contribution < -0.4 is 5.32 Å². The van der Waals surface area contributed by atoms with Crippen LogP contribution in [0.3, 0.4) is 0 Å². The maximum Gasteiger partial charge on any atom is 0.285 e. The average molecular weight is 287 g/mol. The minimum Gasteiger partial charge on any atom is -0.320 e. The Morgan fingerprint density at radius 2 is 1.76 bits per heavy atom. The van der Waals surface area contributed by atoms with Crippen LogP contribution in [0.2, 0.25) is 0 Å². The summed E-state index contributed by atoms with van der Waals surface area (Å²) in [6, 6.07) is 6.19. The zero-order valence-electron chi connectivity index (χ0n) is 13.5. The molecule has 0 bridgehead atoms. The normalized spacial score (nSPS) is 22.0. The number of likely N-dealkylation sites (tertiary alicyclic amines) is 1. The van der Waals surface area contributed by atoms with E-state index in [1.54, 1.807) is 0 Å². The third kappa shape index (κ3) is 2.18. The number of carbonyl (C=O) groups excluding carboxylic acids is 1. The summed E-state index contributed by atoms with van der Waals surface area (Å²) in [5.41, 5.74) is 3.19. The molecule has 1 aliphatic carbocycles. The van der Waals surface area contributed by atoms with Gasteiger partial charge in [0.15, 0.2) is 5.54 Å². The average Bonchev–Trinajstić information content (AvgIpc) is 3.15. The van der Waals surface area contributed by atoms with Crippen LogP contribution in [0.5, 0.6) is 0 Å². The van der Waals surface area contributed by atoms with E-state index in [1.807, 2.05) is 6.07 Å². The van der Waals surface area contributed by atoms with Gasteiger partial charge in [-0.1, -0.05) is 18.2 Å². The van der Waals surface area contributed by atoms with Crippen LogP contribution >= 0.6 is 0 Å². The largest absolute Gasteiger partial charge is 0.320 e. The van der Waals surface area contributed by atoms with Crippen LogP contribution in [0.15, 0.2) is 18.2 Å². The van der Waals surface area contributed by atoms with E-state index in [4.69, 9.17) is 0 Å². The Kier molecular flexibility index (Phi) is 3.56. The lowest BCUT2D eigenvalue weighted by Crippen LogP contribution is -2.60. The van der Waals surface area contributed by atoms with E-state index in [1.165, 1.54) is 25.9 Å². The van der Waals surface area contributed by atoms with Crippen molar-refractivity contribution in [3.05, 3.63) is 29.3 Å². The molecule has 1 aliphatic heterocycles. The Morgan fingerprint density at radius 1 is 1.19 bits per heavy atom. The van der Waals surface area contributed by atoms with Crippen molar-refractivity contribution >= 4 is 11.6 Å². The van der Waals surface area contributed by atoms with E-state index in [0.717, 1.165) is 40.7 Å². The second kappa shape index (κ2) is 5.13. The second-order valence-corrected chi connectivity index (χ2v) is 6.87. The Bertz CT molecular complexity index is 534. The Hall–Kier alpha value is -1.35. The molecule has 114 valence electrons. The van der Waals surface area contributed by atoms with E-state index < -0.39 is 0 Å². The number of nitrogens with one attached hydrogen (secondary N) is 1. The number of quaternary nitrogens is 1. The van der Waals surface area contributed by atoms with Crippen molar-refractivity contribution in [3.8, 4) is 0 Å². The lowest BCUT2D eigenvalue weighted by Gasteiger charge is -2.40. The van der Waals surface area contributed by atoms with Crippen molar-refractivity contribution in [2.45, 2.75) is 52.0 Å². The zero-order valence-corrected chi connectivity index (χ0v) is 13.5. The van der Waals surface area contributed by atoms with Gasteiger partial charge in [0.05, 0.1) is 19.6 Å². The highest BCUT2D eigenvalue weighted by atomic mass is 16.2. The van der Waals surface area contributed by atoms with E-state index in [9.17, 15) is 4.79 Å². The molecule has 0 spiro atoms. The van der Waals surface area contributed by atoms with Crippen molar-refractivity contribution in [3.63, 3.8) is 0 Å². The van der Waals surface area contributed by atoms with Gasteiger partial charge in [-0.2, -0.15) is 0 Å². The molecule has 1 saturated carbocycles. The Balaban J connectivity index is 1.85.